The lowest BCUT2D eigenvalue weighted by Crippen LogP contribution is -2.56. The van der Waals surface area contributed by atoms with Crippen molar-refractivity contribution in [3.8, 4) is 5.92 Å². The minimum Gasteiger partial charge on any atom is -0.478 e. The van der Waals surface area contributed by atoms with Gasteiger partial charge in [-0.3, -0.25) is 4.79 Å². The molecule has 0 spiro atoms. The summed E-state index contributed by atoms with van der Waals surface area (Å²) in [6.07, 6.45) is 6.99. The summed E-state index contributed by atoms with van der Waals surface area (Å²) >= 11 is 0. The van der Waals surface area contributed by atoms with Crippen LogP contribution in [0.5, 0.6) is 0 Å². The van der Waals surface area contributed by atoms with Gasteiger partial charge in [0.25, 0.3) is 5.91 Å². The number of hydrogen-bond acceptors (Lipinski definition) is 3. The summed E-state index contributed by atoms with van der Waals surface area (Å²) < 4.78 is 0. The Balaban J connectivity index is 3.16. The molecule has 1 atom stereocenters. The van der Waals surface area contributed by atoms with E-state index < -0.39 is 17.6 Å². The highest BCUT2D eigenvalue weighted by Gasteiger charge is 2.41. The third-order valence-electron chi connectivity index (χ3n) is 3.00. The minimum atomic E-state index is -2.28. The average molecular weight is 288 g/mol. The molecule has 1 aromatic carbocycles. The standard InChI is InChI=1S/C16H18NO4/c1-5-12-6-8-13(9-7-12)14(18)17(10-11(2)3)16(4,21)15(19)20/h6-9,11,21H,10H2,2-4H3,(H,19,20). The van der Waals surface area contributed by atoms with Gasteiger partial charge in [-0.1, -0.05) is 19.8 Å². The first kappa shape index (κ1) is 16.7. The monoisotopic (exact) mass is 288 g/mol. The van der Waals surface area contributed by atoms with Crippen LogP contribution in [0.25, 0.3) is 0 Å². The lowest BCUT2D eigenvalue weighted by atomic mass is 10.1. The molecule has 1 aromatic rings. The van der Waals surface area contributed by atoms with Gasteiger partial charge in [0, 0.05) is 17.7 Å². The summed E-state index contributed by atoms with van der Waals surface area (Å²) in [6, 6.07) is 6.02. The Morgan fingerprint density at radius 1 is 1.33 bits per heavy atom. The van der Waals surface area contributed by atoms with Crippen molar-refractivity contribution in [3.05, 3.63) is 41.8 Å². The van der Waals surface area contributed by atoms with E-state index in [2.05, 4.69) is 5.92 Å². The fourth-order valence-corrected chi connectivity index (χ4v) is 1.79. The fraction of sp³-hybridized carbons (Fsp3) is 0.375. The summed E-state index contributed by atoms with van der Waals surface area (Å²) in [5, 5.41) is 19.2. The number of carboxylic acid groups (broad SMARTS) is 1. The number of nitrogens with zero attached hydrogens (tertiary/aromatic N) is 1. The van der Waals surface area contributed by atoms with E-state index >= 15 is 0 Å². The van der Waals surface area contributed by atoms with Gasteiger partial charge in [-0.25, -0.2) is 4.79 Å². The van der Waals surface area contributed by atoms with E-state index in [0.717, 1.165) is 11.8 Å². The molecule has 1 rings (SSSR count). The van der Waals surface area contributed by atoms with E-state index in [4.69, 9.17) is 11.5 Å². The van der Waals surface area contributed by atoms with E-state index in [1.165, 1.54) is 24.3 Å². The van der Waals surface area contributed by atoms with Gasteiger partial charge in [0.05, 0.1) is 0 Å². The van der Waals surface area contributed by atoms with Crippen LogP contribution in [0.4, 0.5) is 0 Å². The molecule has 111 valence electrons. The van der Waals surface area contributed by atoms with E-state index in [9.17, 15) is 14.7 Å². The molecule has 0 saturated carbocycles. The van der Waals surface area contributed by atoms with E-state index in [0.29, 0.717) is 5.56 Å². The summed E-state index contributed by atoms with van der Waals surface area (Å²) in [5.41, 5.74) is -1.53. The number of amides is 1. The number of aliphatic hydroxyl groups is 1. The van der Waals surface area contributed by atoms with Gasteiger partial charge in [-0.05, 0) is 43.5 Å². The van der Waals surface area contributed by atoms with Crippen LogP contribution >= 0.6 is 0 Å². The van der Waals surface area contributed by atoms with Gasteiger partial charge in [-0.15, -0.1) is 0 Å². The highest BCUT2D eigenvalue weighted by atomic mass is 16.4. The second-order valence-corrected chi connectivity index (χ2v) is 5.34. The number of hydrogen-bond donors (Lipinski definition) is 2. The number of rotatable bonds is 5. The Labute approximate surface area is 124 Å². The zero-order valence-electron chi connectivity index (χ0n) is 12.3. The van der Waals surface area contributed by atoms with Crippen molar-refractivity contribution in [3.63, 3.8) is 0 Å². The molecule has 0 saturated heterocycles. The van der Waals surface area contributed by atoms with Crippen molar-refractivity contribution in [2.24, 2.45) is 5.92 Å². The van der Waals surface area contributed by atoms with Gasteiger partial charge in [-0.2, -0.15) is 0 Å². The number of benzene rings is 1. The molecule has 2 N–H and O–H groups in total. The zero-order valence-corrected chi connectivity index (χ0v) is 12.3. The maximum atomic E-state index is 12.5. The van der Waals surface area contributed by atoms with Gasteiger partial charge in [0.2, 0.25) is 5.72 Å². The first-order valence-corrected chi connectivity index (χ1v) is 6.50. The summed E-state index contributed by atoms with van der Waals surface area (Å²) in [6.45, 7) is 4.84. The van der Waals surface area contributed by atoms with Crippen molar-refractivity contribution in [2.75, 3.05) is 6.54 Å². The average Bonchev–Trinajstić information content (AvgIpc) is 2.43. The summed E-state index contributed by atoms with van der Waals surface area (Å²) in [4.78, 5) is 24.6. The van der Waals surface area contributed by atoms with E-state index in [1.807, 2.05) is 13.8 Å². The highest BCUT2D eigenvalue weighted by Crippen LogP contribution is 2.18. The van der Waals surface area contributed by atoms with Crippen molar-refractivity contribution in [1.82, 2.24) is 4.90 Å². The maximum Gasteiger partial charge on any atom is 0.357 e. The highest BCUT2D eigenvalue weighted by molar-refractivity contribution is 5.97. The quantitative estimate of drug-likeness (QED) is 0.636. The van der Waals surface area contributed by atoms with Crippen LogP contribution in [-0.2, 0) is 4.79 Å². The molecule has 1 unspecified atom stereocenters. The number of carbonyl (C=O) groups excluding carboxylic acids is 1. The largest absolute Gasteiger partial charge is 0.478 e. The Morgan fingerprint density at radius 2 is 1.86 bits per heavy atom. The molecule has 0 bridgehead atoms. The van der Waals surface area contributed by atoms with Gasteiger partial charge < -0.3 is 15.1 Å². The summed E-state index contributed by atoms with van der Waals surface area (Å²) in [5.74, 6) is 0.118. The third kappa shape index (κ3) is 3.83. The van der Waals surface area contributed by atoms with Crippen LogP contribution in [-0.4, -0.2) is 39.3 Å². The number of carboxylic acids is 1. The molecule has 1 radical (unpaired) electrons. The first-order chi connectivity index (χ1) is 9.70. The number of aliphatic carboxylic acids is 1. The Morgan fingerprint density at radius 3 is 2.24 bits per heavy atom. The third-order valence-corrected chi connectivity index (χ3v) is 3.00. The molecule has 21 heavy (non-hydrogen) atoms. The SMILES string of the molecule is [C]#Cc1ccc(C(=O)N(CC(C)C)C(C)(O)C(=O)O)cc1. The molecular weight excluding hydrogens is 270 g/mol. The molecule has 0 fully saturated rings. The van der Waals surface area contributed by atoms with Crippen LogP contribution in [0.15, 0.2) is 24.3 Å². The lowest BCUT2D eigenvalue weighted by molar-refractivity contribution is -0.173. The second-order valence-electron chi connectivity index (χ2n) is 5.34. The predicted octanol–water partition coefficient (Wildman–Crippen LogP) is 1.52. The molecule has 5 nitrogen and oxygen atoms in total. The topological polar surface area (TPSA) is 77.8 Å². The molecular formula is C16H18NO4. The Kier molecular flexibility index (Phi) is 5.12. The van der Waals surface area contributed by atoms with Gasteiger partial charge >= 0.3 is 5.97 Å². The molecule has 1 amide bonds. The smallest absolute Gasteiger partial charge is 0.357 e. The van der Waals surface area contributed by atoms with Crippen molar-refractivity contribution < 1.29 is 19.8 Å². The minimum absolute atomic E-state index is 0.00560. The van der Waals surface area contributed by atoms with Crippen molar-refractivity contribution >= 4 is 11.9 Å². The van der Waals surface area contributed by atoms with Crippen LogP contribution in [0.2, 0.25) is 0 Å². The fourth-order valence-electron chi connectivity index (χ4n) is 1.79. The molecule has 0 aliphatic heterocycles. The van der Waals surface area contributed by atoms with Crippen molar-refractivity contribution in [2.45, 2.75) is 26.5 Å². The van der Waals surface area contributed by atoms with Gasteiger partial charge in [0.15, 0.2) is 0 Å². The Bertz CT molecular complexity index is 567. The van der Waals surface area contributed by atoms with E-state index in [-0.39, 0.29) is 18.0 Å². The van der Waals surface area contributed by atoms with Crippen LogP contribution < -0.4 is 0 Å². The van der Waals surface area contributed by atoms with Crippen LogP contribution in [0.3, 0.4) is 0 Å². The normalized spacial score (nSPS) is 13.3. The molecule has 0 aromatic heterocycles. The number of carbonyl (C=O) groups is 2. The first-order valence-electron chi connectivity index (χ1n) is 6.50. The molecule has 0 aliphatic rings. The van der Waals surface area contributed by atoms with Crippen LogP contribution in [0.1, 0.15) is 36.7 Å². The van der Waals surface area contributed by atoms with Gasteiger partial charge in [0.1, 0.15) is 0 Å². The molecule has 5 heteroatoms. The summed E-state index contributed by atoms with van der Waals surface area (Å²) in [7, 11) is 0. The molecule has 0 heterocycles. The predicted molar refractivity (Wildman–Crippen MR) is 76.8 cm³/mol. The van der Waals surface area contributed by atoms with Crippen molar-refractivity contribution in [1.29, 1.82) is 0 Å². The maximum absolute atomic E-state index is 12.5. The zero-order chi connectivity index (χ0) is 16.2. The second kappa shape index (κ2) is 6.42. The Hall–Kier alpha value is -2.32. The molecule has 0 aliphatic carbocycles. The van der Waals surface area contributed by atoms with Crippen LogP contribution in [0, 0.1) is 18.3 Å². The van der Waals surface area contributed by atoms with E-state index in [1.54, 1.807) is 0 Å². The lowest BCUT2D eigenvalue weighted by Gasteiger charge is -2.34.